The Labute approximate surface area is 425 Å². The number of nitrogens with one attached hydrogen (secondary N) is 4. The molecule has 5 heterocycles. The first-order valence-corrected chi connectivity index (χ1v) is 26.0. The van der Waals surface area contributed by atoms with Gasteiger partial charge in [-0.2, -0.15) is 0 Å². The molecule has 0 amide bonds. The van der Waals surface area contributed by atoms with E-state index in [2.05, 4.69) is 38.5 Å². The Balaban J connectivity index is 1.11. The molecule has 12 rings (SSSR count). The number of aryl methyl sites for hydroxylation is 2. The number of fused-ring (bicyclic) bond motifs is 8. The molecule has 73 heavy (non-hydrogen) atoms. The van der Waals surface area contributed by atoms with Gasteiger partial charge < -0.3 is 56.0 Å². The number of H-pyrrole nitrogens is 2. The highest BCUT2D eigenvalue weighted by molar-refractivity contribution is 6.05. The van der Waals surface area contributed by atoms with E-state index < -0.39 is 65.8 Å². The quantitative estimate of drug-likeness (QED) is 0.0415. The molecular formula is C60H64N4O9. The standard InChI is InChI=1S/C60H64N4O9/c1-61-32-36-11-15-49-46-30-50-41(19-24-62-50)48(31-60(72)22-17-34-5-4-8-51(66)38(34)18-23-60)54(46)58(71)44(21-26-65)52(67)16-9-33-27-47(57(70)53(28-33)73-37-6-2-3-7-37)55(68)35-10-12-39-42(56(36)69)14-13-40(45(39)29-35)43-20-25-63-59(43)64-49/h4-5,8,10,12-14,18-20,23-25,27-30,36-37,40,42,44,48-49,54-56,61-66,68-70,72H,2-3,6-7,9,16-17,21-22,26,31-32H2,1H3/t36-,40-,42+,44-,48-,49-,54+,55+,56+,60-/m0/s1. The van der Waals surface area contributed by atoms with Crippen LogP contribution in [0.3, 0.4) is 0 Å². The third kappa shape index (κ3) is 9.14. The molecule has 10 N–H and O–H groups in total. The Bertz CT molecular complexity index is 3090. The number of carbonyl (C=O) groups is 2. The number of Topliss-reactive ketones (excluding diaryl/α,β-unsaturated/α-hetero) is 2. The number of ether oxygens (including phenoxy) is 1. The number of anilines is 1. The number of aliphatic hydroxyl groups excluding tert-OH is 3. The minimum atomic E-state index is -1.47. The number of aliphatic hydroxyl groups is 4. The van der Waals surface area contributed by atoms with Gasteiger partial charge in [-0.25, -0.2) is 0 Å². The molecule has 13 nitrogen and oxygen atoms in total. The van der Waals surface area contributed by atoms with Crippen molar-refractivity contribution in [3.05, 3.63) is 153 Å². The molecule has 10 atom stereocenters. The molecule has 3 aromatic carbocycles. The van der Waals surface area contributed by atoms with Gasteiger partial charge in [-0.3, -0.25) is 9.59 Å². The first kappa shape index (κ1) is 48.6. The van der Waals surface area contributed by atoms with Crippen molar-refractivity contribution in [1.82, 2.24) is 15.3 Å². The third-order valence-corrected chi connectivity index (χ3v) is 16.6. The van der Waals surface area contributed by atoms with Crippen molar-refractivity contribution in [2.45, 2.75) is 112 Å². The van der Waals surface area contributed by atoms with Gasteiger partial charge in [-0.05, 0) is 140 Å². The summed E-state index contributed by atoms with van der Waals surface area (Å²) in [6, 6.07) is 17.5. The number of hydrogen-bond acceptors (Lipinski definition) is 11. The summed E-state index contributed by atoms with van der Waals surface area (Å²) in [6.45, 7) is -0.116. The number of aromatic amines is 2. The molecule has 1 saturated carbocycles. The molecule has 0 radical (unpaired) electrons. The number of rotatable bonds is 8. The maximum atomic E-state index is 16.1. The van der Waals surface area contributed by atoms with Gasteiger partial charge in [-0.1, -0.05) is 66.5 Å². The number of carbonyl (C=O) groups excluding carboxylic acids is 2. The molecule has 0 spiro atoms. The largest absolute Gasteiger partial charge is 0.507 e. The number of aromatic hydroxyl groups is 2. The summed E-state index contributed by atoms with van der Waals surface area (Å²) in [7, 11) is 1.81. The van der Waals surface area contributed by atoms with Gasteiger partial charge in [0.15, 0.2) is 17.3 Å². The van der Waals surface area contributed by atoms with Crippen LogP contribution in [0, 0.1) is 29.6 Å². The van der Waals surface area contributed by atoms with Crippen molar-refractivity contribution in [3.8, 4) is 29.1 Å². The van der Waals surface area contributed by atoms with E-state index in [1.165, 1.54) is 0 Å². The Morgan fingerprint density at radius 1 is 0.877 bits per heavy atom. The smallest absolute Gasteiger partial charge is 0.163 e. The number of benzene rings is 3. The summed E-state index contributed by atoms with van der Waals surface area (Å²) in [4.78, 5) is 37.9. The van der Waals surface area contributed by atoms with Gasteiger partial charge in [0.1, 0.15) is 29.5 Å². The van der Waals surface area contributed by atoms with Crippen LogP contribution in [0.5, 0.6) is 17.2 Å². The topological polar surface area (TPSA) is 220 Å². The fourth-order valence-electron chi connectivity index (χ4n) is 12.7. The Kier molecular flexibility index (Phi) is 13.3. The molecule has 7 bridgehead atoms. The Morgan fingerprint density at radius 3 is 2.52 bits per heavy atom. The lowest BCUT2D eigenvalue weighted by atomic mass is 9.65. The zero-order valence-electron chi connectivity index (χ0n) is 41.0. The van der Waals surface area contributed by atoms with Crippen molar-refractivity contribution in [2.24, 2.45) is 17.8 Å². The summed E-state index contributed by atoms with van der Waals surface area (Å²) in [5, 5.41) is 78.3. The van der Waals surface area contributed by atoms with Crippen molar-refractivity contribution < 1.29 is 45.0 Å². The summed E-state index contributed by atoms with van der Waals surface area (Å²) in [6.07, 6.45) is 15.1. The summed E-state index contributed by atoms with van der Waals surface area (Å²) in [5.74, 6) is 2.44. The van der Waals surface area contributed by atoms with Crippen LogP contribution in [0.15, 0.2) is 96.9 Å². The van der Waals surface area contributed by atoms with Gasteiger partial charge >= 0.3 is 0 Å². The fraction of sp³-hybridized carbons (Fsp3) is 0.400. The van der Waals surface area contributed by atoms with Crippen LogP contribution in [-0.4, -0.2) is 96.2 Å². The lowest BCUT2D eigenvalue weighted by Gasteiger charge is -2.40. The van der Waals surface area contributed by atoms with E-state index in [0.717, 1.165) is 59.2 Å². The van der Waals surface area contributed by atoms with E-state index >= 15 is 4.79 Å². The minimum Gasteiger partial charge on any atom is -0.507 e. The van der Waals surface area contributed by atoms with Crippen LogP contribution in [-0.2, 0) is 22.4 Å². The highest BCUT2D eigenvalue weighted by Crippen LogP contribution is 2.50. The second kappa shape index (κ2) is 20.0. The lowest BCUT2D eigenvalue weighted by Crippen LogP contribution is -2.43. The van der Waals surface area contributed by atoms with Crippen LogP contribution in [0.4, 0.5) is 5.82 Å². The fourth-order valence-corrected chi connectivity index (χ4v) is 12.7. The lowest BCUT2D eigenvalue weighted by molar-refractivity contribution is -0.135. The number of phenolic OH excluding ortho intramolecular Hbond substituents is 2. The second-order valence-electron chi connectivity index (χ2n) is 21.1. The maximum Gasteiger partial charge on any atom is 0.163 e. The summed E-state index contributed by atoms with van der Waals surface area (Å²) < 4.78 is 6.46. The van der Waals surface area contributed by atoms with Gasteiger partial charge in [0.05, 0.1) is 29.6 Å². The van der Waals surface area contributed by atoms with Crippen LogP contribution in [0.2, 0.25) is 0 Å². The Hall–Kier alpha value is -6.66. The molecule has 3 aliphatic heterocycles. The zero-order valence-corrected chi connectivity index (χ0v) is 41.0. The van der Waals surface area contributed by atoms with E-state index in [1.54, 1.807) is 36.4 Å². The monoisotopic (exact) mass is 984 g/mol. The van der Waals surface area contributed by atoms with Crippen LogP contribution < -0.4 is 15.4 Å². The first-order valence-electron chi connectivity index (χ1n) is 26.0. The number of phenols is 2. The number of aromatic nitrogens is 2. The molecule has 2 aromatic heterocycles. The molecule has 4 aliphatic carbocycles. The third-order valence-electron chi connectivity index (χ3n) is 16.6. The molecule has 13 heteroatoms. The number of hydrogen-bond donors (Lipinski definition) is 10. The Morgan fingerprint density at radius 2 is 1.70 bits per heavy atom. The van der Waals surface area contributed by atoms with Gasteiger partial charge in [-0.15, -0.1) is 0 Å². The van der Waals surface area contributed by atoms with E-state index in [0.29, 0.717) is 47.5 Å². The second-order valence-corrected chi connectivity index (χ2v) is 21.1. The van der Waals surface area contributed by atoms with Crippen molar-refractivity contribution in [1.29, 1.82) is 0 Å². The molecular weight excluding hydrogens is 921 g/mol. The van der Waals surface area contributed by atoms with Crippen molar-refractivity contribution in [3.63, 3.8) is 0 Å². The van der Waals surface area contributed by atoms with Gasteiger partial charge in [0, 0.05) is 78.0 Å². The van der Waals surface area contributed by atoms with Crippen LogP contribution in [0.25, 0.3) is 12.2 Å². The first-order chi connectivity index (χ1) is 35.4. The van der Waals surface area contributed by atoms with Crippen LogP contribution >= 0.6 is 0 Å². The van der Waals surface area contributed by atoms with E-state index in [-0.39, 0.29) is 66.3 Å². The minimum absolute atomic E-state index is 0.0714. The highest BCUT2D eigenvalue weighted by atomic mass is 16.5. The molecule has 5 aromatic rings. The number of ketones is 2. The van der Waals surface area contributed by atoms with Crippen molar-refractivity contribution in [2.75, 3.05) is 25.5 Å². The summed E-state index contributed by atoms with van der Waals surface area (Å²) in [5.41, 5.74) is 6.06. The predicted octanol–water partition coefficient (Wildman–Crippen LogP) is 7.60. The summed E-state index contributed by atoms with van der Waals surface area (Å²) >= 11 is 0. The van der Waals surface area contributed by atoms with Crippen molar-refractivity contribution >= 4 is 29.5 Å². The van der Waals surface area contributed by atoms with Crippen LogP contribution in [0.1, 0.15) is 131 Å². The van der Waals surface area contributed by atoms with Gasteiger partial charge in [0.2, 0.25) is 0 Å². The molecule has 378 valence electrons. The van der Waals surface area contributed by atoms with E-state index in [1.807, 2.05) is 68.0 Å². The molecule has 0 saturated heterocycles. The normalized spacial score (nSPS) is 28.6. The maximum absolute atomic E-state index is 16.1. The highest BCUT2D eigenvalue weighted by Gasteiger charge is 2.47. The predicted molar refractivity (Wildman–Crippen MR) is 278 cm³/mol. The average Bonchev–Trinajstić information content (AvgIpc) is 4.18. The average molecular weight is 985 g/mol. The molecule has 7 aliphatic rings. The SMILES string of the molecule is CNC[C@@H]1C#C[C@@H]2Nc3[nH]ccc3[C@@H]3C=C[C@H](c4ccc(cc43)[C@@H](O)c3cc(cc(OC4CCCC4)c3O)CCC(=O)[C@H](CCO)C(=O)[C@@H]3C2=Cc2[nH]ccc2[C@@H]3C[C@@]2(O)C=Cc3c(O)cccc3CC2)[C@@H]1O. The van der Waals surface area contributed by atoms with Gasteiger partial charge in [0.25, 0.3) is 0 Å². The van der Waals surface area contributed by atoms with E-state index in [4.69, 9.17) is 4.74 Å². The molecule has 0 unspecified atom stereocenters. The zero-order chi connectivity index (χ0) is 50.5. The number of allylic oxidation sites excluding steroid dienone is 1. The molecule has 1 fully saturated rings. The van der Waals surface area contributed by atoms with E-state index in [9.17, 15) is 35.4 Å².